The Morgan fingerprint density at radius 3 is 2.56 bits per heavy atom. The van der Waals surface area contributed by atoms with Gasteiger partial charge < -0.3 is 18.9 Å². The van der Waals surface area contributed by atoms with Gasteiger partial charge in [0.15, 0.2) is 11.5 Å². The zero-order valence-corrected chi connectivity index (χ0v) is 18.7. The molecule has 0 unspecified atom stereocenters. The maximum atomic E-state index is 13.4. The predicted octanol–water partition coefficient (Wildman–Crippen LogP) is 2.72. The molecule has 0 saturated carbocycles. The number of hydrazone groups is 1. The Morgan fingerprint density at radius 1 is 1.06 bits per heavy atom. The highest BCUT2D eigenvalue weighted by Gasteiger charge is 2.36. The molecule has 2 aromatic carbocycles. The van der Waals surface area contributed by atoms with Crippen LogP contribution in [-0.2, 0) is 9.53 Å². The van der Waals surface area contributed by atoms with Gasteiger partial charge in [-0.1, -0.05) is 24.3 Å². The maximum Gasteiger partial charge on any atom is 0.257 e. The van der Waals surface area contributed by atoms with Crippen molar-refractivity contribution in [3.05, 3.63) is 53.6 Å². The Balaban J connectivity index is 1.68. The van der Waals surface area contributed by atoms with Crippen molar-refractivity contribution < 1.29 is 23.7 Å². The summed E-state index contributed by atoms with van der Waals surface area (Å²) in [6.45, 7) is 3.04. The van der Waals surface area contributed by atoms with Crippen LogP contribution in [0, 0.1) is 0 Å². The van der Waals surface area contributed by atoms with Crippen LogP contribution in [0.3, 0.4) is 0 Å². The summed E-state index contributed by atoms with van der Waals surface area (Å²) in [5.74, 6) is 1.94. The maximum absolute atomic E-state index is 13.4. The van der Waals surface area contributed by atoms with Crippen LogP contribution in [0.4, 0.5) is 0 Å². The van der Waals surface area contributed by atoms with E-state index in [1.54, 1.807) is 26.3 Å². The molecule has 170 valence electrons. The average Bonchev–Trinajstić information content (AvgIpc) is 3.29. The van der Waals surface area contributed by atoms with Crippen molar-refractivity contribution in [2.24, 2.45) is 5.10 Å². The lowest BCUT2D eigenvalue weighted by atomic mass is 9.97. The summed E-state index contributed by atoms with van der Waals surface area (Å²) < 4.78 is 22.0. The van der Waals surface area contributed by atoms with Crippen molar-refractivity contribution in [2.75, 3.05) is 54.2 Å². The predicted molar refractivity (Wildman–Crippen MR) is 121 cm³/mol. The molecule has 8 nitrogen and oxygen atoms in total. The number of benzene rings is 2. The van der Waals surface area contributed by atoms with Gasteiger partial charge in [-0.25, -0.2) is 5.01 Å². The Morgan fingerprint density at radius 2 is 1.84 bits per heavy atom. The van der Waals surface area contributed by atoms with Crippen LogP contribution < -0.4 is 14.2 Å². The lowest BCUT2D eigenvalue weighted by Gasteiger charge is -2.29. The Bertz CT molecular complexity index is 987. The third-order valence-electron chi connectivity index (χ3n) is 5.82. The summed E-state index contributed by atoms with van der Waals surface area (Å²) in [4.78, 5) is 15.5. The number of methoxy groups -OCH3 is 3. The minimum Gasteiger partial charge on any atom is -0.497 e. The second kappa shape index (κ2) is 10.0. The van der Waals surface area contributed by atoms with E-state index >= 15 is 0 Å². The molecule has 4 rings (SSSR count). The van der Waals surface area contributed by atoms with Gasteiger partial charge in [0.25, 0.3) is 5.91 Å². The molecule has 8 heteroatoms. The number of hydrogen-bond donors (Lipinski definition) is 0. The van der Waals surface area contributed by atoms with Gasteiger partial charge in [0, 0.05) is 30.6 Å². The van der Waals surface area contributed by atoms with Crippen LogP contribution in [0.2, 0.25) is 0 Å². The van der Waals surface area contributed by atoms with Gasteiger partial charge in [-0.15, -0.1) is 0 Å². The normalized spacial score (nSPS) is 18.9. The van der Waals surface area contributed by atoms with Crippen molar-refractivity contribution >= 4 is 11.6 Å². The number of morpholine rings is 1. The molecule has 0 spiro atoms. The van der Waals surface area contributed by atoms with E-state index in [0.717, 1.165) is 35.7 Å². The van der Waals surface area contributed by atoms with E-state index in [4.69, 9.17) is 24.0 Å². The molecule has 0 radical (unpaired) electrons. The molecule has 0 N–H and O–H groups in total. The lowest BCUT2D eigenvalue weighted by Crippen LogP contribution is -2.43. The first-order valence-electron chi connectivity index (χ1n) is 10.7. The quantitative estimate of drug-likeness (QED) is 0.661. The monoisotopic (exact) mass is 439 g/mol. The summed E-state index contributed by atoms with van der Waals surface area (Å²) in [5.41, 5.74) is 2.62. The number of para-hydroxylation sites is 1. The number of rotatable bonds is 7. The van der Waals surface area contributed by atoms with E-state index in [9.17, 15) is 4.79 Å². The van der Waals surface area contributed by atoms with Gasteiger partial charge in [-0.05, 0) is 18.2 Å². The topological polar surface area (TPSA) is 72.8 Å². The van der Waals surface area contributed by atoms with E-state index < -0.39 is 0 Å². The number of nitrogens with zero attached hydrogens (tertiary/aromatic N) is 3. The van der Waals surface area contributed by atoms with Gasteiger partial charge in [0.2, 0.25) is 0 Å². The van der Waals surface area contributed by atoms with Gasteiger partial charge in [0.05, 0.1) is 52.8 Å². The molecule has 0 aliphatic carbocycles. The van der Waals surface area contributed by atoms with Gasteiger partial charge >= 0.3 is 0 Å². The summed E-state index contributed by atoms with van der Waals surface area (Å²) in [7, 11) is 4.85. The fourth-order valence-corrected chi connectivity index (χ4v) is 4.16. The summed E-state index contributed by atoms with van der Waals surface area (Å²) in [6.07, 6.45) is 0.561. The molecule has 2 aromatic rings. The van der Waals surface area contributed by atoms with Crippen LogP contribution >= 0.6 is 0 Å². The third kappa shape index (κ3) is 4.56. The van der Waals surface area contributed by atoms with Crippen LogP contribution in [0.1, 0.15) is 23.6 Å². The van der Waals surface area contributed by atoms with E-state index in [-0.39, 0.29) is 11.9 Å². The standard InChI is InChI=1S/C24H29N3O5/c1-29-18-7-4-6-17(14-18)20-15-21(19-8-5-9-22(30-2)24(19)31-3)27(25-20)23(28)16-26-10-12-32-13-11-26/h4-9,14,21H,10-13,15-16H2,1-3H3/t21-/m1/s1. The average molecular weight is 440 g/mol. The first-order chi connectivity index (χ1) is 15.6. The number of amides is 1. The molecule has 2 aliphatic rings. The lowest BCUT2D eigenvalue weighted by molar-refractivity contribution is -0.135. The minimum absolute atomic E-state index is 0.0559. The zero-order valence-electron chi connectivity index (χ0n) is 18.7. The van der Waals surface area contributed by atoms with E-state index in [1.165, 1.54) is 0 Å². The number of ether oxygens (including phenoxy) is 4. The van der Waals surface area contributed by atoms with E-state index in [1.807, 2.05) is 42.5 Å². The summed E-state index contributed by atoms with van der Waals surface area (Å²) in [5, 5.41) is 6.38. The smallest absolute Gasteiger partial charge is 0.257 e. The van der Waals surface area contributed by atoms with Crippen LogP contribution in [0.15, 0.2) is 47.6 Å². The molecular formula is C24H29N3O5. The van der Waals surface area contributed by atoms with Crippen LogP contribution in [-0.4, -0.2) is 75.7 Å². The Labute approximate surface area is 188 Å². The minimum atomic E-state index is -0.296. The molecule has 2 heterocycles. The number of carbonyl (C=O) groups excluding carboxylic acids is 1. The molecule has 32 heavy (non-hydrogen) atoms. The van der Waals surface area contributed by atoms with Crippen molar-refractivity contribution in [2.45, 2.75) is 12.5 Å². The molecule has 1 saturated heterocycles. The fourth-order valence-electron chi connectivity index (χ4n) is 4.16. The first-order valence-corrected chi connectivity index (χ1v) is 10.7. The highest BCUT2D eigenvalue weighted by molar-refractivity contribution is 6.03. The number of carbonyl (C=O) groups is 1. The Kier molecular flexibility index (Phi) is 6.92. The Hall–Kier alpha value is -3.10. The molecule has 1 fully saturated rings. The SMILES string of the molecule is COc1cccc(C2=NN(C(=O)CN3CCOCC3)[C@@H](c3cccc(OC)c3OC)C2)c1. The molecule has 1 atom stereocenters. The van der Waals surface area contributed by atoms with Gasteiger partial charge in [0.1, 0.15) is 5.75 Å². The highest BCUT2D eigenvalue weighted by atomic mass is 16.5. The third-order valence-corrected chi connectivity index (χ3v) is 5.82. The second-order valence-electron chi connectivity index (χ2n) is 7.71. The fraction of sp³-hybridized carbons (Fsp3) is 0.417. The van der Waals surface area contributed by atoms with Crippen molar-refractivity contribution in [3.63, 3.8) is 0 Å². The van der Waals surface area contributed by atoms with Crippen LogP contribution in [0.5, 0.6) is 17.2 Å². The van der Waals surface area contributed by atoms with Gasteiger partial charge in [-0.3, -0.25) is 9.69 Å². The first kappa shape index (κ1) is 22.1. The van der Waals surface area contributed by atoms with E-state index in [0.29, 0.717) is 37.7 Å². The molecule has 0 bridgehead atoms. The second-order valence-corrected chi connectivity index (χ2v) is 7.71. The van der Waals surface area contributed by atoms with Crippen molar-refractivity contribution in [3.8, 4) is 17.2 Å². The number of hydrogen-bond acceptors (Lipinski definition) is 7. The molecule has 2 aliphatic heterocycles. The van der Waals surface area contributed by atoms with E-state index in [2.05, 4.69) is 4.90 Å². The summed E-state index contributed by atoms with van der Waals surface area (Å²) >= 11 is 0. The van der Waals surface area contributed by atoms with Crippen molar-refractivity contribution in [1.29, 1.82) is 0 Å². The molecule has 1 amide bonds. The largest absolute Gasteiger partial charge is 0.497 e. The zero-order chi connectivity index (χ0) is 22.5. The molecule has 0 aromatic heterocycles. The highest BCUT2D eigenvalue weighted by Crippen LogP contribution is 2.41. The summed E-state index contributed by atoms with van der Waals surface area (Å²) in [6, 6.07) is 13.2. The molecular weight excluding hydrogens is 410 g/mol. The van der Waals surface area contributed by atoms with Gasteiger partial charge in [-0.2, -0.15) is 5.10 Å². The van der Waals surface area contributed by atoms with Crippen molar-refractivity contribution in [1.82, 2.24) is 9.91 Å². The van der Waals surface area contributed by atoms with Crippen LogP contribution in [0.25, 0.3) is 0 Å².